The van der Waals surface area contributed by atoms with Crippen LogP contribution in [0.25, 0.3) is 0 Å². The molecule has 7 heteroatoms. The zero-order chi connectivity index (χ0) is 15.3. The van der Waals surface area contributed by atoms with E-state index in [1.54, 1.807) is 24.9 Å². The van der Waals surface area contributed by atoms with Crippen LogP contribution in [0.4, 0.5) is 5.82 Å². The molecule has 2 heterocycles. The lowest BCUT2D eigenvalue weighted by molar-refractivity contribution is 0.261. The lowest BCUT2D eigenvalue weighted by atomic mass is 10.2. The molecule has 0 aromatic carbocycles. The number of pyridine rings is 1. The third kappa shape index (κ3) is 4.34. The molecule has 1 aliphatic rings. The highest BCUT2D eigenvalue weighted by Gasteiger charge is 2.32. The van der Waals surface area contributed by atoms with Gasteiger partial charge in [-0.05, 0) is 24.6 Å². The Balaban J connectivity index is 2.14. The van der Waals surface area contributed by atoms with Gasteiger partial charge in [0.15, 0.2) is 9.84 Å². The first-order chi connectivity index (χ1) is 10.1. The summed E-state index contributed by atoms with van der Waals surface area (Å²) in [5, 5.41) is 2.82. The molecule has 1 aliphatic heterocycles. The fourth-order valence-corrected chi connectivity index (χ4v) is 5.48. The Morgan fingerprint density at radius 2 is 2.29 bits per heavy atom. The minimum atomic E-state index is -3.04. The van der Waals surface area contributed by atoms with E-state index in [2.05, 4.69) is 15.2 Å². The van der Waals surface area contributed by atoms with Crippen molar-refractivity contribution in [2.75, 3.05) is 35.7 Å². The molecule has 1 aromatic heterocycles. The SMILES string of the molecule is CCNc1cc(CN2CCSCC2S(=O)(=O)CC)ccn1. The highest BCUT2D eigenvalue weighted by Crippen LogP contribution is 2.23. The number of anilines is 1. The highest BCUT2D eigenvalue weighted by atomic mass is 32.2. The molecular weight excluding hydrogens is 306 g/mol. The monoisotopic (exact) mass is 329 g/mol. The van der Waals surface area contributed by atoms with Gasteiger partial charge in [-0.2, -0.15) is 11.8 Å². The van der Waals surface area contributed by atoms with Gasteiger partial charge in [-0.1, -0.05) is 6.92 Å². The third-order valence-electron chi connectivity index (χ3n) is 3.58. The van der Waals surface area contributed by atoms with Crippen molar-refractivity contribution in [1.29, 1.82) is 0 Å². The molecule has 2 rings (SSSR count). The molecule has 1 saturated heterocycles. The van der Waals surface area contributed by atoms with E-state index in [1.165, 1.54) is 0 Å². The number of sulfone groups is 1. The molecule has 0 saturated carbocycles. The number of thioether (sulfide) groups is 1. The first-order valence-electron chi connectivity index (χ1n) is 7.29. The maximum absolute atomic E-state index is 12.2. The van der Waals surface area contributed by atoms with Gasteiger partial charge in [-0.15, -0.1) is 0 Å². The predicted octanol–water partition coefficient (Wildman–Crippen LogP) is 1.82. The van der Waals surface area contributed by atoms with Gasteiger partial charge >= 0.3 is 0 Å². The average Bonchev–Trinajstić information content (AvgIpc) is 2.48. The van der Waals surface area contributed by atoms with Gasteiger partial charge in [0.1, 0.15) is 11.2 Å². The molecule has 0 spiro atoms. The smallest absolute Gasteiger partial charge is 0.166 e. The van der Waals surface area contributed by atoms with Crippen LogP contribution >= 0.6 is 11.8 Å². The molecule has 1 atom stereocenters. The molecular formula is C14H23N3O2S2. The summed E-state index contributed by atoms with van der Waals surface area (Å²) in [7, 11) is -3.04. The molecule has 5 nitrogen and oxygen atoms in total. The molecule has 1 aromatic rings. The largest absolute Gasteiger partial charge is 0.370 e. The number of nitrogens with one attached hydrogen (secondary N) is 1. The van der Waals surface area contributed by atoms with E-state index in [4.69, 9.17) is 0 Å². The Labute approximate surface area is 131 Å². The normalized spacial score (nSPS) is 20.4. The second-order valence-electron chi connectivity index (χ2n) is 5.03. The summed E-state index contributed by atoms with van der Waals surface area (Å²) < 4.78 is 24.5. The van der Waals surface area contributed by atoms with Gasteiger partial charge in [-0.25, -0.2) is 13.4 Å². The second kappa shape index (κ2) is 7.47. The average molecular weight is 329 g/mol. The Hall–Kier alpha value is -0.790. The minimum absolute atomic E-state index is 0.202. The summed E-state index contributed by atoms with van der Waals surface area (Å²) in [4.78, 5) is 6.34. The molecule has 1 fully saturated rings. The zero-order valence-electron chi connectivity index (χ0n) is 12.6. The van der Waals surface area contributed by atoms with Crippen LogP contribution in [-0.2, 0) is 16.4 Å². The van der Waals surface area contributed by atoms with Gasteiger partial charge in [0.2, 0.25) is 0 Å². The van der Waals surface area contributed by atoms with Crippen LogP contribution in [0, 0.1) is 0 Å². The van der Waals surface area contributed by atoms with Crippen molar-refractivity contribution in [1.82, 2.24) is 9.88 Å². The number of hydrogen-bond donors (Lipinski definition) is 1. The van der Waals surface area contributed by atoms with Crippen molar-refractivity contribution in [3.05, 3.63) is 23.9 Å². The first-order valence-corrected chi connectivity index (χ1v) is 10.2. The Morgan fingerprint density at radius 3 is 3.00 bits per heavy atom. The van der Waals surface area contributed by atoms with Crippen molar-refractivity contribution in [2.24, 2.45) is 0 Å². The van der Waals surface area contributed by atoms with E-state index in [1.807, 2.05) is 19.1 Å². The Morgan fingerprint density at radius 1 is 1.48 bits per heavy atom. The molecule has 1 N–H and O–H groups in total. The summed E-state index contributed by atoms with van der Waals surface area (Å²) in [6, 6.07) is 3.96. The molecule has 21 heavy (non-hydrogen) atoms. The lowest BCUT2D eigenvalue weighted by Gasteiger charge is -2.34. The van der Waals surface area contributed by atoms with Crippen molar-refractivity contribution in [3.63, 3.8) is 0 Å². The predicted molar refractivity (Wildman–Crippen MR) is 89.4 cm³/mol. The fourth-order valence-electron chi connectivity index (χ4n) is 2.40. The maximum Gasteiger partial charge on any atom is 0.166 e. The Kier molecular flexibility index (Phi) is 5.89. The summed E-state index contributed by atoms with van der Waals surface area (Å²) in [5.41, 5.74) is 1.10. The molecule has 0 aliphatic carbocycles. The van der Waals surface area contributed by atoms with E-state index in [-0.39, 0.29) is 11.1 Å². The molecule has 1 unspecified atom stereocenters. The summed E-state index contributed by atoms with van der Waals surface area (Å²) in [6.07, 6.45) is 1.77. The quantitative estimate of drug-likeness (QED) is 0.859. The van der Waals surface area contributed by atoms with Gasteiger partial charge in [-0.3, -0.25) is 4.90 Å². The first kappa shape index (κ1) is 16.6. The van der Waals surface area contributed by atoms with E-state index in [9.17, 15) is 8.42 Å². The van der Waals surface area contributed by atoms with Crippen LogP contribution in [0.15, 0.2) is 18.3 Å². The Bertz CT molecular complexity index is 563. The number of nitrogens with zero attached hydrogens (tertiary/aromatic N) is 2. The van der Waals surface area contributed by atoms with Crippen LogP contribution in [0.3, 0.4) is 0 Å². The summed E-state index contributed by atoms with van der Waals surface area (Å²) in [6.45, 7) is 6.05. The van der Waals surface area contributed by atoms with Crippen LogP contribution < -0.4 is 5.32 Å². The molecule has 0 amide bonds. The third-order valence-corrected chi connectivity index (χ3v) is 6.91. The van der Waals surface area contributed by atoms with Crippen LogP contribution in [0.5, 0.6) is 0 Å². The molecule has 0 radical (unpaired) electrons. The van der Waals surface area contributed by atoms with Crippen LogP contribution in [-0.4, -0.2) is 54.0 Å². The van der Waals surface area contributed by atoms with Crippen molar-refractivity contribution in [2.45, 2.75) is 25.8 Å². The zero-order valence-corrected chi connectivity index (χ0v) is 14.2. The van der Waals surface area contributed by atoms with Gasteiger partial charge < -0.3 is 5.32 Å². The van der Waals surface area contributed by atoms with E-state index in [0.717, 1.165) is 30.2 Å². The summed E-state index contributed by atoms with van der Waals surface area (Å²) in [5.74, 6) is 2.70. The molecule has 0 bridgehead atoms. The van der Waals surface area contributed by atoms with Gasteiger partial charge in [0, 0.05) is 43.1 Å². The van der Waals surface area contributed by atoms with E-state index in [0.29, 0.717) is 12.3 Å². The van der Waals surface area contributed by atoms with Crippen molar-refractivity contribution in [3.8, 4) is 0 Å². The van der Waals surface area contributed by atoms with Crippen molar-refractivity contribution < 1.29 is 8.42 Å². The summed E-state index contributed by atoms with van der Waals surface area (Å²) >= 11 is 1.73. The topological polar surface area (TPSA) is 62.3 Å². The number of rotatable bonds is 6. The van der Waals surface area contributed by atoms with Crippen molar-refractivity contribution >= 4 is 27.4 Å². The van der Waals surface area contributed by atoms with Gasteiger partial charge in [0.25, 0.3) is 0 Å². The lowest BCUT2D eigenvalue weighted by Crippen LogP contribution is -2.47. The standard InChI is InChI=1S/C14H23N3O2S2/c1-3-15-13-9-12(5-6-16-13)10-17-7-8-20-11-14(17)21(18,19)4-2/h5-6,9,14H,3-4,7-8,10-11H2,1-2H3,(H,15,16). The second-order valence-corrected chi connectivity index (χ2v) is 8.63. The van der Waals surface area contributed by atoms with E-state index >= 15 is 0 Å². The van der Waals surface area contributed by atoms with E-state index < -0.39 is 9.84 Å². The molecule has 118 valence electrons. The number of hydrogen-bond acceptors (Lipinski definition) is 6. The van der Waals surface area contributed by atoms with Crippen LogP contribution in [0.2, 0.25) is 0 Å². The highest BCUT2D eigenvalue weighted by molar-refractivity contribution is 8.01. The number of aromatic nitrogens is 1. The minimum Gasteiger partial charge on any atom is -0.370 e. The van der Waals surface area contributed by atoms with Crippen LogP contribution in [0.1, 0.15) is 19.4 Å². The fraction of sp³-hybridized carbons (Fsp3) is 0.643. The van der Waals surface area contributed by atoms with Gasteiger partial charge in [0.05, 0.1) is 0 Å². The maximum atomic E-state index is 12.2.